The molecule has 0 unspecified atom stereocenters. The van der Waals surface area contributed by atoms with E-state index in [0.717, 1.165) is 19.6 Å². The van der Waals surface area contributed by atoms with Gasteiger partial charge in [-0.1, -0.05) is 95.3 Å². The molecule has 0 saturated carbocycles. The molecule has 4 aromatic carbocycles. The van der Waals surface area contributed by atoms with Gasteiger partial charge >= 0.3 is 0 Å². The summed E-state index contributed by atoms with van der Waals surface area (Å²) in [6, 6.07) is 30.9. The molecule has 2 aliphatic rings. The van der Waals surface area contributed by atoms with E-state index in [9.17, 15) is 9.59 Å². The first-order valence-corrected chi connectivity index (χ1v) is 14.0. The summed E-state index contributed by atoms with van der Waals surface area (Å²) < 4.78 is 0. The van der Waals surface area contributed by atoms with Gasteiger partial charge in [-0.25, -0.2) is 0 Å². The second kappa shape index (κ2) is 10.4. The summed E-state index contributed by atoms with van der Waals surface area (Å²) in [6.45, 7) is 0. The van der Waals surface area contributed by atoms with Crippen LogP contribution < -0.4 is 10.6 Å². The Bertz CT molecular complexity index is 1540. The van der Waals surface area contributed by atoms with Crippen LogP contribution in [0.25, 0.3) is 11.4 Å². The van der Waals surface area contributed by atoms with E-state index in [1.165, 1.54) is 0 Å². The second-order valence-corrected chi connectivity index (χ2v) is 11.6. The van der Waals surface area contributed by atoms with Crippen molar-refractivity contribution in [3.05, 3.63) is 129 Å². The number of carbonyl (C=O) groups excluding carboxylic acids is 2. The van der Waals surface area contributed by atoms with Crippen LogP contribution in [0.2, 0.25) is 10.0 Å². The van der Waals surface area contributed by atoms with Crippen LogP contribution in [0.15, 0.2) is 128 Å². The van der Waals surface area contributed by atoms with E-state index in [4.69, 9.17) is 23.2 Å². The van der Waals surface area contributed by atoms with Crippen LogP contribution in [0.5, 0.6) is 0 Å². The van der Waals surface area contributed by atoms with E-state index in [1.54, 1.807) is 35.7 Å². The molecule has 38 heavy (non-hydrogen) atoms. The Hall–Kier alpha value is -3.42. The van der Waals surface area contributed by atoms with Crippen LogP contribution in [0.3, 0.4) is 0 Å². The van der Waals surface area contributed by atoms with E-state index in [0.29, 0.717) is 43.7 Å². The fraction of sp³-hybridized carbons (Fsp3) is 0. The van der Waals surface area contributed by atoms with Crippen molar-refractivity contribution in [3.8, 4) is 0 Å². The van der Waals surface area contributed by atoms with E-state index in [2.05, 4.69) is 10.6 Å². The van der Waals surface area contributed by atoms with Crippen molar-refractivity contribution in [1.29, 1.82) is 0 Å². The smallest absolute Gasteiger partial charge is 0.258 e. The molecule has 2 amide bonds. The molecule has 4 nitrogen and oxygen atoms in total. The van der Waals surface area contributed by atoms with Gasteiger partial charge in [-0.15, -0.1) is 0 Å². The third-order valence-electron chi connectivity index (χ3n) is 6.06. The predicted molar refractivity (Wildman–Crippen MR) is 154 cm³/mol. The lowest BCUT2D eigenvalue weighted by molar-refractivity contribution is -0.117. The Kier molecular flexibility index (Phi) is 6.80. The zero-order chi connectivity index (χ0) is 26.2. The molecule has 0 bridgehead atoms. The highest BCUT2D eigenvalue weighted by Crippen LogP contribution is 2.41. The lowest BCUT2D eigenvalue weighted by atomic mass is 10.0. The summed E-state index contributed by atoms with van der Waals surface area (Å²) in [5.41, 5.74) is 2.83. The van der Waals surface area contributed by atoms with Crippen LogP contribution in [0.1, 0.15) is 11.1 Å². The number of fused-ring (bicyclic) bond motifs is 1. The zero-order valence-corrected chi connectivity index (χ0v) is 22.8. The number of carbonyl (C=O) groups is 2. The Balaban J connectivity index is 1.33. The SMILES string of the molecule is O=C1NC(c2ccc(Sc3ccccc3)c(Cl)c2)=C2C(=O)NC(c3ccc(Sc4ccccc4)c(Cl)c3)=C12. The third-order valence-corrected chi connectivity index (χ3v) is 9.08. The molecule has 0 atom stereocenters. The number of rotatable bonds is 6. The topological polar surface area (TPSA) is 58.2 Å². The Morgan fingerprint density at radius 1 is 0.526 bits per heavy atom. The second-order valence-electron chi connectivity index (χ2n) is 8.53. The van der Waals surface area contributed by atoms with E-state index in [-0.39, 0.29) is 11.8 Å². The van der Waals surface area contributed by atoms with Gasteiger partial charge < -0.3 is 10.6 Å². The summed E-state index contributed by atoms with van der Waals surface area (Å²) in [4.78, 5) is 30.0. The summed E-state index contributed by atoms with van der Waals surface area (Å²) in [5.74, 6) is -0.692. The van der Waals surface area contributed by atoms with E-state index in [1.807, 2.05) is 84.9 Å². The lowest BCUT2D eigenvalue weighted by Crippen LogP contribution is -2.21. The minimum Gasteiger partial charge on any atom is -0.321 e. The van der Waals surface area contributed by atoms with Gasteiger partial charge in [0.25, 0.3) is 11.8 Å². The van der Waals surface area contributed by atoms with Gasteiger partial charge in [0.2, 0.25) is 0 Å². The van der Waals surface area contributed by atoms with Crippen molar-refractivity contribution in [2.45, 2.75) is 19.6 Å². The van der Waals surface area contributed by atoms with Crippen LogP contribution in [0, 0.1) is 0 Å². The highest BCUT2D eigenvalue weighted by Gasteiger charge is 2.41. The van der Waals surface area contributed by atoms with Gasteiger partial charge in [0.1, 0.15) is 0 Å². The summed E-state index contributed by atoms with van der Waals surface area (Å²) in [6.07, 6.45) is 0. The quantitative estimate of drug-likeness (QED) is 0.249. The monoisotopic (exact) mass is 572 g/mol. The molecule has 0 aliphatic carbocycles. The van der Waals surface area contributed by atoms with Gasteiger partial charge in [-0.05, 0) is 48.5 Å². The molecule has 2 heterocycles. The first-order chi connectivity index (χ1) is 18.5. The lowest BCUT2D eigenvalue weighted by Gasteiger charge is -2.11. The highest BCUT2D eigenvalue weighted by atomic mass is 35.5. The first kappa shape index (κ1) is 24.9. The Labute approximate surface area is 238 Å². The molecular weight excluding hydrogens is 555 g/mol. The number of benzene rings is 4. The third kappa shape index (κ3) is 4.76. The summed E-state index contributed by atoms with van der Waals surface area (Å²) in [5, 5.41) is 6.82. The number of nitrogens with one attached hydrogen (secondary N) is 2. The average molecular weight is 574 g/mol. The molecular formula is C30H18Cl2N2O2S2. The van der Waals surface area contributed by atoms with Crippen LogP contribution in [0.4, 0.5) is 0 Å². The number of hydrogen-bond acceptors (Lipinski definition) is 4. The first-order valence-electron chi connectivity index (χ1n) is 11.7. The molecule has 0 radical (unpaired) electrons. The molecule has 8 heteroatoms. The highest BCUT2D eigenvalue weighted by molar-refractivity contribution is 7.99. The van der Waals surface area contributed by atoms with Gasteiger partial charge in [-0.3, -0.25) is 9.59 Å². The molecule has 0 fully saturated rings. The van der Waals surface area contributed by atoms with Gasteiger partial charge in [-0.2, -0.15) is 0 Å². The van der Waals surface area contributed by atoms with E-state index < -0.39 is 0 Å². The van der Waals surface area contributed by atoms with Gasteiger partial charge in [0.15, 0.2) is 0 Å². The minimum absolute atomic E-state index is 0.309. The molecule has 0 saturated heterocycles. The van der Waals surface area contributed by atoms with Crippen molar-refractivity contribution in [2.24, 2.45) is 0 Å². The molecule has 0 aromatic heterocycles. The van der Waals surface area contributed by atoms with Crippen LogP contribution >= 0.6 is 46.7 Å². The van der Waals surface area contributed by atoms with E-state index >= 15 is 0 Å². The number of halogens is 2. The van der Waals surface area contributed by atoms with Crippen molar-refractivity contribution >= 4 is 69.9 Å². The maximum atomic E-state index is 13.1. The number of amides is 2. The molecule has 6 rings (SSSR count). The normalized spacial score (nSPS) is 14.6. The van der Waals surface area contributed by atoms with Gasteiger partial charge in [0.05, 0.1) is 32.6 Å². The molecule has 2 aliphatic heterocycles. The summed E-state index contributed by atoms with van der Waals surface area (Å²) >= 11 is 16.3. The summed E-state index contributed by atoms with van der Waals surface area (Å²) in [7, 11) is 0. The van der Waals surface area contributed by atoms with Crippen molar-refractivity contribution in [3.63, 3.8) is 0 Å². The predicted octanol–water partition coefficient (Wildman–Crippen LogP) is 7.68. The maximum absolute atomic E-state index is 13.1. The fourth-order valence-electron chi connectivity index (χ4n) is 4.32. The molecule has 2 N–H and O–H groups in total. The largest absolute Gasteiger partial charge is 0.321 e. The Morgan fingerprint density at radius 2 is 0.921 bits per heavy atom. The maximum Gasteiger partial charge on any atom is 0.258 e. The van der Waals surface area contributed by atoms with Crippen molar-refractivity contribution < 1.29 is 9.59 Å². The molecule has 186 valence electrons. The minimum atomic E-state index is -0.346. The fourth-order valence-corrected chi connectivity index (χ4v) is 6.60. The van der Waals surface area contributed by atoms with Crippen molar-refractivity contribution in [2.75, 3.05) is 0 Å². The Morgan fingerprint density at radius 3 is 1.29 bits per heavy atom. The van der Waals surface area contributed by atoms with Crippen molar-refractivity contribution in [1.82, 2.24) is 10.6 Å². The molecule has 0 spiro atoms. The van der Waals surface area contributed by atoms with Gasteiger partial charge in [0, 0.05) is 30.7 Å². The van der Waals surface area contributed by atoms with Crippen LogP contribution in [-0.2, 0) is 9.59 Å². The number of hydrogen-bond donors (Lipinski definition) is 2. The zero-order valence-electron chi connectivity index (χ0n) is 19.6. The van der Waals surface area contributed by atoms with Crippen LogP contribution in [-0.4, -0.2) is 11.8 Å². The molecule has 4 aromatic rings. The average Bonchev–Trinajstić information content (AvgIpc) is 3.45. The standard InChI is InChI=1S/C30H18Cl2N2O2S2/c31-21-15-17(11-13-23(21)37-19-7-3-1-4-8-19)27-25-26(30(36)33-27)28(34-29(25)35)18-12-14-24(22(32)16-18)38-20-9-5-2-6-10-20/h1-16H,(H,33,36)(H,34,35).